The van der Waals surface area contributed by atoms with Crippen molar-refractivity contribution in [2.75, 3.05) is 44.7 Å². The number of aliphatic hydroxyl groups excluding tert-OH is 2. The van der Waals surface area contributed by atoms with Crippen molar-refractivity contribution in [1.82, 2.24) is 9.88 Å². The van der Waals surface area contributed by atoms with Gasteiger partial charge in [0.2, 0.25) is 0 Å². The molecule has 1 atom stereocenters. The summed E-state index contributed by atoms with van der Waals surface area (Å²) in [5, 5.41) is 23.6. The Hall–Kier alpha value is -2.96. The summed E-state index contributed by atoms with van der Waals surface area (Å²) in [6.45, 7) is 6.53. The first kappa shape index (κ1) is 22.8. The van der Waals surface area contributed by atoms with Gasteiger partial charge in [-0.2, -0.15) is 0 Å². The number of nitrogens with zero attached hydrogens (tertiary/aromatic N) is 1. The third kappa shape index (κ3) is 4.65. The number of nitrogens with one attached hydrogen (secondary N) is 2. The van der Waals surface area contributed by atoms with E-state index in [1.807, 2.05) is 31.2 Å². The normalized spacial score (nSPS) is 21.2. The van der Waals surface area contributed by atoms with E-state index in [0.29, 0.717) is 18.3 Å². The topological polar surface area (TPSA) is 80.8 Å². The maximum atomic E-state index is 10.6. The Morgan fingerprint density at radius 2 is 1.91 bits per heavy atom. The van der Waals surface area contributed by atoms with Crippen LogP contribution in [-0.2, 0) is 0 Å². The van der Waals surface area contributed by atoms with Crippen molar-refractivity contribution in [2.24, 2.45) is 11.8 Å². The molecule has 3 heterocycles. The predicted molar refractivity (Wildman–Crippen MR) is 137 cm³/mol. The summed E-state index contributed by atoms with van der Waals surface area (Å²) in [4.78, 5) is 5.82. The van der Waals surface area contributed by atoms with Gasteiger partial charge in [0.05, 0.1) is 12.4 Å². The minimum atomic E-state index is 0.109. The van der Waals surface area contributed by atoms with E-state index < -0.39 is 0 Å². The summed E-state index contributed by atoms with van der Waals surface area (Å²) in [6, 6.07) is 8.17. The molecule has 1 aromatic heterocycles. The first-order valence-electron chi connectivity index (χ1n) is 12.5. The summed E-state index contributed by atoms with van der Waals surface area (Å²) in [5.41, 5.74) is 5.89. The zero-order valence-corrected chi connectivity index (χ0v) is 19.9. The molecule has 2 aliphatic heterocycles. The van der Waals surface area contributed by atoms with Gasteiger partial charge in [-0.3, -0.25) is 0 Å². The molecule has 4 N–H and O–H groups in total. The average molecular weight is 462 g/mol. The number of likely N-dealkylation sites (tertiary alicyclic amines) is 1. The molecular weight excluding hydrogens is 426 g/mol. The Kier molecular flexibility index (Phi) is 6.79. The molecule has 0 radical (unpaired) electrons. The maximum absolute atomic E-state index is 10.6. The molecule has 6 nitrogen and oxygen atoms in total. The van der Waals surface area contributed by atoms with E-state index in [9.17, 15) is 10.2 Å². The fourth-order valence-corrected chi connectivity index (χ4v) is 5.36. The fourth-order valence-electron chi connectivity index (χ4n) is 5.36. The van der Waals surface area contributed by atoms with Crippen molar-refractivity contribution in [2.45, 2.75) is 26.2 Å². The number of ether oxygens (including phenoxy) is 1. The van der Waals surface area contributed by atoms with Crippen LogP contribution < -0.4 is 10.1 Å². The van der Waals surface area contributed by atoms with Crippen LogP contribution in [0.2, 0.25) is 0 Å². The van der Waals surface area contributed by atoms with Crippen LogP contribution in [0.3, 0.4) is 0 Å². The first-order chi connectivity index (χ1) is 16.7. The van der Waals surface area contributed by atoms with Gasteiger partial charge in [-0.1, -0.05) is 24.3 Å². The van der Waals surface area contributed by atoms with E-state index in [-0.39, 0.29) is 12.5 Å². The van der Waals surface area contributed by atoms with Crippen LogP contribution in [0.25, 0.3) is 17.2 Å². The van der Waals surface area contributed by atoms with Crippen molar-refractivity contribution >= 4 is 11.9 Å². The molecule has 0 spiro atoms. The van der Waals surface area contributed by atoms with Crippen LogP contribution in [0.5, 0.6) is 5.75 Å². The Balaban J connectivity index is 1.35. The number of piperidine rings is 1. The molecule has 1 aromatic carbocycles. The SMILES string of the molecule is CCOc1ccccc1-c1c[nH]c2c1C=C(C1=CC=C(O)C(CN3CCC(CO)CC3)C1)CN2. The summed E-state index contributed by atoms with van der Waals surface area (Å²) in [7, 11) is 0. The van der Waals surface area contributed by atoms with Gasteiger partial charge in [-0.25, -0.2) is 0 Å². The number of rotatable bonds is 7. The summed E-state index contributed by atoms with van der Waals surface area (Å²) < 4.78 is 5.89. The van der Waals surface area contributed by atoms with Gasteiger partial charge >= 0.3 is 0 Å². The number of para-hydroxylation sites is 1. The van der Waals surface area contributed by atoms with E-state index in [1.54, 1.807) is 0 Å². The molecule has 0 bridgehead atoms. The Morgan fingerprint density at radius 3 is 2.71 bits per heavy atom. The van der Waals surface area contributed by atoms with Crippen molar-refractivity contribution < 1.29 is 14.9 Å². The number of allylic oxidation sites excluding steroid dienone is 2. The molecule has 5 rings (SSSR count). The lowest BCUT2D eigenvalue weighted by atomic mass is 9.85. The molecule has 0 saturated carbocycles. The van der Waals surface area contributed by atoms with E-state index >= 15 is 0 Å². The monoisotopic (exact) mass is 461 g/mol. The largest absolute Gasteiger partial charge is 0.512 e. The van der Waals surface area contributed by atoms with Crippen molar-refractivity contribution in [3.05, 3.63) is 65.1 Å². The summed E-state index contributed by atoms with van der Waals surface area (Å²) in [6.07, 6.45) is 11.2. The lowest BCUT2D eigenvalue weighted by Gasteiger charge is -2.34. The number of aliphatic hydroxyl groups is 2. The molecule has 1 saturated heterocycles. The molecule has 1 aliphatic carbocycles. The van der Waals surface area contributed by atoms with E-state index in [2.05, 4.69) is 39.6 Å². The number of anilines is 1. The quantitative estimate of drug-likeness (QED) is 0.468. The van der Waals surface area contributed by atoms with Gasteiger partial charge < -0.3 is 30.2 Å². The van der Waals surface area contributed by atoms with Gasteiger partial charge in [0.25, 0.3) is 0 Å². The van der Waals surface area contributed by atoms with Gasteiger partial charge in [0.1, 0.15) is 11.6 Å². The first-order valence-corrected chi connectivity index (χ1v) is 12.5. The molecule has 34 heavy (non-hydrogen) atoms. The Bertz CT molecular complexity index is 1110. The van der Waals surface area contributed by atoms with Crippen LogP contribution >= 0.6 is 0 Å². The molecular formula is C28H35N3O3. The zero-order chi connectivity index (χ0) is 23.5. The maximum Gasteiger partial charge on any atom is 0.127 e. The second-order valence-corrected chi connectivity index (χ2v) is 9.55. The Morgan fingerprint density at radius 1 is 1.09 bits per heavy atom. The number of H-pyrrole nitrogens is 1. The van der Waals surface area contributed by atoms with Gasteiger partial charge in [-0.15, -0.1) is 0 Å². The van der Waals surface area contributed by atoms with Crippen molar-refractivity contribution in [3.8, 4) is 16.9 Å². The van der Waals surface area contributed by atoms with Crippen LogP contribution in [0.15, 0.2) is 59.5 Å². The van der Waals surface area contributed by atoms with Crippen LogP contribution in [-0.4, -0.2) is 59.5 Å². The number of benzene rings is 1. The van der Waals surface area contributed by atoms with Gasteiger partial charge in [-0.05, 0) is 74.6 Å². The average Bonchev–Trinajstić information content (AvgIpc) is 3.29. The third-order valence-corrected chi connectivity index (χ3v) is 7.37. The number of fused-ring (bicyclic) bond motifs is 1. The van der Waals surface area contributed by atoms with E-state index in [0.717, 1.165) is 73.7 Å². The lowest BCUT2D eigenvalue weighted by molar-refractivity contribution is 0.116. The number of hydrogen-bond donors (Lipinski definition) is 4. The van der Waals surface area contributed by atoms with Crippen LogP contribution in [0, 0.1) is 11.8 Å². The predicted octanol–water partition coefficient (Wildman–Crippen LogP) is 4.98. The standard InChI is InChI=1S/C28H35N3O3/c1-2-34-27-6-4-3-5-23(27)25-16-30-28-24(25)14-21(15-29-28)20-7-8-26(33)22(13-20)17-31-11-9-19(18-32)10-12-31/h3-8,14,16,19,22,29-30,32-33H,2,9-13,15,17-18H2,1H3. The molecule has 1 unspecified atom stereocenters. The number of aromatic amines is 1. The van der Waals surface area contributed by atoms with Crippen molar-refractivity contribution in [1.29, 1.82) is 0 Å². The smallest absolute Gasteiger partial charge is 0.127 e. The zero-order valence-electron chi connectivity index (χ0n) is 19.9. The minimum absolute atomic E-state index is 0.109. The highest BCUT2D eigenvalue weighted by atomic mass is 16.5. The highest BCUT2D eigenvalue weighted by molar-refractivity contribution is 5.87. The number of aromatic nitrogens is 1. The number of hydrogen-bond acceptors (Lipinski definition) is 5. The molecule has 1 fully saturated rings. The highest BCUT2D eigenvalue weighted by Crippen LogP contribution is 2.40. The van der Waals surface area contributed by atoms with Crippen LogP contribution in [0.4, 0.5) is 5.82 Å². The van der Waals surface area contributed by atoms with Crippen molar-refractivity contribution in [3.63, 3.8) is 0 Å². The molecule has 3 aliphatic rings. The summed E-state index contributed by atoms with van der Waals surface area (Å²) in [5.74, 6) is 2.94. The fraction of sp³-hybridized carbons (Fsp3) is 0.429. The molecule has 0 amide bonds. The van der Waals surface area contributed by atoms with Crippen LogP contribution in [0.1, 0.15) is 31.7 Å². The minimum Gasteiger partial charge on any atom is -0.512 e. The molecule has 180 valence electrons. The van der Waals surface area contributed by atoms with E-state index in [4.69, 9.17) is 4.74 Å². The molecule has 6 heteroatoms. The third-order valence-electron chi connectivity index (χ3n) is 7.37. The highest BCUT2D eigenvalue weighted by Gasteiger charge is 2.27. The summed E-state index contributed by atoms with van der Waals surface area (Å²) >= 11 is 0. The second kappa shape index (κ2) is 10.1. The Labute approximate surface area is 201 Å². The van der Waals surface area contributed by atoms with Gasteiger partial charge in [0.15, 0.2) is 0 Å². The molecule has 2 aromatic rings. The van der Waals surface area contributed by atoms with Gasteiger partial charge in [0, 0.05) is 48.5 Å². The lowest BCUT2D eigenvalue weighted by Crippen LogP contribution is -2.38. The van der Waals surface area contributed by atoms with E-state index in [1.165, 1.54) is 11.1 Å². The second-order valence-electron chi connectivity index (χ2n) is 9.55.